The summed E-state index contributed by atoms with van der Waals surface area (Å²) in [5.41, 5.74) is 0. The van der Waals surface area contributed by atoms with E-state index in [0.29, 0.717) is 6.10 Å². The van der Waals surface area contributed by atoms with Gasteiger partial charge in [-0.3, -0.25) is 0 Å². The van der Waals surface area contributed by atoms with E-state index in [1.165, 1.54) is 25.7 Å². The zero-order chi connectivity index (χ0) is 12.3. The minimum Gasteiger partial charge on any atom is -0.381 e. The fourth-order valence-electron chi connectivity index (χ4n) is 3.25. The van der Waals surface area contributed by atoms with E-state index in [4.69, 9.17) is 9.47 Å². The average molecular weight is 240 g/mol. The molecule has 2 aliphatic heterocycles. The predicted molar refractivity (Wildman–Crippen MR) is 70.0 cm³/mol. The molecule has 0 saturated carbocycles. The van der Waals surface area contributed by atoms with Gasteiger partial charge in [-0.2, -0.15) is 0 Å². The molecule has 2 fully saturated rings. The summed E-state index contributed by atoms with van der Waals surface area (Å²) in [7, 11) is 0. The van der Waals surface area contributed by atoms with Crippen molar-refractivity contribution >= 4 is 0 Å². The van der Waals surface area contributed by atoms with Crippen molar-refractivity contribution in [2.75, 3.05) is 19.8 Å². The highest BCUT2D eigenvalue weighted by Crippen LogP contribution is 2.33. The summed E-state index contributed by atoms with van der Waals surface area (Å²) < 4.78 is 11.4. The molecule has 3 unspecified atom stereocenters. The number of hydrogen-bond acceptors (Lipinski definition) is 2. The molecule has 2 rings (SSSR count). The largest absolute Gasteiger partial charge is 0.381 e. The molecule has 0 aliphatic carbocycles. The molecule has 0 aromatic heterocycles. The number of hydrogen-bond donors (Lipinski definition) is 0. The lowest BCUT2D eigenvalue weighted by Crippen LogP contribution is -2.24. The first-order valence-electron chi connectivity index (χ1n) is 7.36. The van der Waals surface area contributed by atoms with Gasteiger partial charge in [-0.1, -0.05) is 20.8 Å². The Morgan fingerprint density at radius 2 is 1.76 bits per heavy atom. The van der Waals surface area contributed by atoms with Crippen molar-refractivity contribution < 1.29 is 9.47 Å². The Kier molecular flexibility index (Phi) is 4.87. The topological polar surface area (TPSA) is 18.5 Å². The maximum absolute atomic E-state index is 5.96. The van der Waals surface area contributed by atoms with Crippen LogP contribution in [0, 0.1) is 23.7 Å². The molecule has 2 aliphatic rings. The Morgan fingerprint density at radius 3 is 2.35 bits per heavy atom. The second-order valence-electron chi connectivity index (χ2n) is 6.36. The van der Waals surface area contributed by atoms with Crippen molar-refractivity contribution in [2.24, 2.45) is 23.7 Å². The van der Waals surface area contributed by atoms with Crippen LogP contribution in [0.1, 0.15) is 46.5 Å². The molecule has 2 heteroatoms. The molecule has 0 amide bonds. The number of ether oxygens (including phenoxy) is 2. The smallest absolute Gasteiger partial charge is 0.0581 e. The second kappa shape index (κ2) is 6.19. The summed E-state index contributed by atoms with van der Waals surface area (Å²) in [6, 6.07) is 0. The van der Waals surface area contributed by atoms with Crippen LogP contribution in [0.5, 0.6) is 0 Å². The van der Waals surface area contributed by atoms with E-state index in [-0.39, 0.29) is 0 Å². The molecule has 2 heterocycles. The monoisotopic (exact) mass is 240 g/mol. The van der Waals surface area contributed by atoms with Gasteiger partial charge in [-0.25, -0.2) is 0 Å². The zero-order valence-corrected chi connectivity index (χ0v) is 11.7. The summed E-state index contributed by atoms with van der Waals surface area (Å²) in [4.78, 5) is 0. The molecule has 0 bridgehead atoms. The predicted octanol–water partition coefficient (Wildman–Crippen LogP) is 3.50. The van der Waals surface area contributed by atoms with Crippen LogP contribution in [0.3, 0.4) is 0 Å². The Bertz CT molecular complexity index is 221. The quantitative estimate of drug-likeness (QED) is 0.749. The van der Waals surface area contributed by atoms with Gasteiger partial charge in [-0.05, 0) is 49.4 Å². The van der Waals surface area contributed by atoms with E-state index < -0.39 is 0 Å². The van der Waals surface area contributed by atoms with Gasteiger partial charge in [0.25, 0.3) is 0 Å². The van der Waals surface area contributed by atoms with Crippen molar-refractivity contribution in [3.63, 3.8) is 0 Å². The van der Waals surface area contributed by atoms with Crippen LogP contribution >= 0.6 is 0 Å². The third-order valence-electron chi connectivity index (χ3n) is 4.76. The molecule has 17 heavy (non-hydrogen) atoms. The van der Waals surface area contributed by atoms with Crippen molar-refractivity contribution in [2.45, 2.75) is 52.6 Å². The van der Waals surface area contributed by atoms with E-state index in [1.807, 2.05) is 0 Å². The molecule has 0 radical (unpaired) electrons. The molecular weight excluding hydrogens is 212 g/mol. The van der Waals surface area contributed by atoms with Crippen molar-refractivity contribution in [3.8, 4) is 0 Å². The summed E-state index contributed by atoms with van der Waals surface area (Å²) in [6.07, 6.45) is 5.57. The third kappa shape index (κ3) is 3.69. The Hall–Kier alpha value is -0.0800. The van der Waals surface area contributed by atoms with Crippen LogP contribution in [0.15, 0.2) is 0 Å². The van der Waals surface area contributed by atoms with Gasteiger partial charge in [-0.15, -0.1) is 0 Å². The molecule has 2 nitrogen and oxygen atoms in total. The highest BCUT2D eigenvalue weighted by molar-refractivity contribution is 4.79. The van der Waals surface area contributed by atoms with E-state index in [1.54, 1.807) is 0 Å². The lowest BCUT2D eigenvalue weighted by atomic mass is 9.82. The summed E-state index contributed by atoms with van der Waals surface area (Å²) >= 11 is 0. The minimum atomic E-state index is 0.528. The summed E-state index contributed by atoms with van der Waals surface area (Å²) in [5.74, 6) is 3.24. The van der Waals surface area contributed by atoms with E-state index in [0.717, 1.165) is 43.5 Å². The van der Waals surface area contributed by atoms with Gasteiger partial charge in [0.1, 0.15) is 0 Å². The molecule has 100 valence electrons. The molecule has 0 N–H and O–H groups in total. The van der Waals surface area contributed by atoms with Gasteiger partial charge in [0.05, 0.1) is 12.7 Å². The van der Waals surface area contributed by atoms with Crippen LogP contribution in [-0.2, 0) is 9.47 Å². The van der Waals surface area contributed by atoms with Gasteiger partial charge in [0.15, 0.2) is 0 Å². The molecular formula is C15H28O2. The van der Waals surface area contributed by atoms with Gasteiger partial charge >= 0.3 is 0 Å². The third-order valence-corrected chi connectivity index (χ3v) is 4.76. The standard InChI is InChI=1S/C15H28O2/c1-11(2)14-9-15(17-10-14)8-12(3)13-4-6-16-7-5-13/h11-15H,4-10H2,1-3H3. The normalized spacial score (nSPS) is 33.2. The van der Waals surface area contributed by atoms with Crippen molar-refractivity contribution in [1.29, 1.82) is 0 Å². The maximum Gasteiger partial charge on any atom is 0.0581 e. The van der Waals surface area contributed by atoms with Crippen molar-refractivity contribution in [3.05, 3.63) is 0 Å². The Labute approximate surface area is 106 Å². The number of rotatable bonds is 4. The lowest BCUT2D eigenvalue weighted by molar-refractivity contribution is 0.0300. The SMILES string of the molecule is CC(C)C1COC(CC(C)C2CCOCC2)C1. The van der Waals surface area contributed by atoms with Crippen LogP contribution in [0.2, 0.25) is 0 Å². The van der Waals surface area contributed by atoms with E-state index >= 15 is 0 Å². The highest BCUT2D eigenvalue weighted by atomic mass is 16.5. The van der Waals surface area contributed by atoms with Crippen molar-refractivity contribution in [1.82, 2.24) is 0 Å². The molecule has 3 atom stereocenters. The maximum atomic E-state index is 5.96. The molecule has 0 aromatic carbocycles. The first-order chi connectivity index (χ1) is 8.16. The van der Waals surface area contributed by atoms with Gasteiger partial charge in [0.2, 0.25) is 0 Å². The van der Waals surface area contributed by atoms with Crippen LogP contribution in [-0.4, -0.2) is 25.9 Å². The fourth-order valence-corrected chi connectivity index (χ4v) is 3.25. The van der Waals surface area contributed by atoms with Gasteiger partial charge in [0, 0.05) is 13.2 Å². The van der Waals surface area contributed by atoms with E-state index in [9.17, 15) is 0 Å². The Balaban J connectivity index is 1.73. The molecule has 2 saturated heterocycles. The summed E-state index contributed by atoms with van der Waals surface area (Å²) in [6.45, 7) is 9.96. The first-order valence-corrected chi connectivity index (χ1v) is 7.36. The van der Waals surface area contributed by atoms with Gasteiger partial charge < -0.3 is 9.47 Å². The first kappa shape index (κ1) is 13.4. The average Bonchev–Trinajstić information content (AvgIpc) is 2.79. The lowest BCUT2D eigenvalue weighted by Gasteiger charge is -2.29. The minimum absolute atomic E-state index is 0.528. The van der Waals surface area contributed by atoms with Crippen LogP contribution < -0.4 is 0 Å². The van der Waals surface area contributed by atoms with Crippen LogP contribution in [0.25, 0.3) is 0 Å². The summed E-state index contributed by atoms with van der Waals surface area (Å²) in [5, 5.41) is 0. The fraction of sp³-hybridized carbons (Fsp3) is 1.00. The zero-order valence-electron chi connectivity index (χ0n) is 11.7. The molecule has 0 aromatic rings. The van der Waals surface area contributed by atoms with Crippen LogP contribution in [0.4, 0.5) is 0 Å². The highest BCUT2D eigenvalue weighted by Gasteiger charge is 2.30. The second-order valence-corrected chi connectivity index (χ2v) is 6.36. The molecule has 0 spiro atoms. The van der Waals surface area contributed by atoms with E-state index in [2.05, 4.69) is 20.8 Å². The Morgan fingerprint density at radius 1 is 1.06 bits per heavy atom.